The molecule has 0 bridgehead atoms. The summed E-state index contributed by atoms with van der Waals surface area (Å²) < 4.78 is 0. The van der Waals surface area contributed by atoms with Gasteiger partial charge in [0, 0.05) is 17.2 Å². The van der Waals surface area contributed by atoms with Crippen LogP contribution in [0, 0.1) is 12.8 Å². The number of carbonyl (C=O) groups is 2. The number of nitrogens with one attached hydrogen (secondary N) is 2. The highest BCUT2D eigenvalue weighted by Gasteiger charge is 2.39. The van der Waals surface area contributed by atoms with Crippen LogP contribution in [0.4, 0.5) is 5.82 Å². The number of fused-ring (bicyclic) bond motifs is 1. The Morgan fingerprint density at radius 1 is 1.53 bits per heavy atom. The average molecular weight is 208 g/mol. The van der Waals surface area contributed by atoms with Crippen LogP contribution in [0.15, 0.2) is 0 Å². The molecule has 6 heteroatoms. The van der Waals surface area contributed by atoms with E-state index < -0.39 is 11.8 Å². The summed E-state index contributed by atoms with van der Waals surface area (Å²) in [6.07, 6.45) is 0. The van der Waals surface area contributed by atoms with Gasteiger partial charge in [0.25, 0.3) is 0 Å². The fourth-order valence-corrected chi connectivity index (χ4v) is 2.05. The van der Waals surface area contributed by atoms with Crippen molar-refractivity contribution in [3.63, 3.8) is 0 Å². The molecular weight excluding hydrogens is 196 g/mol. The summed E-state index contributed by atoms with van der Waals surface area (Å²) in [4.78, 5) is 22.7. The van der Waals surface area contributed by atoms with Crippen LogP contribution >= 0.6 is 0 Å². The average Bonchev–Trinajstić information content (AvgIpc) is 2.46. The maximum atomic E-state index is 11.6. The fraction of sp³-hybridized carbons (Fsp3) is 0.444. The molecule has 2 amide bonds. The Labute approximate surface area is 86.2 Å². The van der Waals surface area contributed by atoms with Crippen LogP contribution in [0.5, 0.6) is 0 Å². The SMILES string of the molecule is Cc1[nH]nc2c1C(C)C(C(N)=O)C(=O)N2. The molecule has 0 aromatic carbocycles. The second-order valence-electron chi connectivity index (χ2n) is 3.77. The van der Waals surface area contributed by atoms with Crippen LogP contribution in [-0.4, -0.2) is 22.0 Å². The molecule has 4 N–H and O–H groups in total. The van der Waals surface area contributed by atoms with Crippen LogP contribution in [0.2, 0.25) is 0 Å². The Hall–Kier alpha value is -1.85. The number of aryl methyl sites for hydroxylation is 1. The first kappa shape index (κ1) is 9.70. The van der Waals surface area contributed by atoms with Crippen LogP contribution in [0.25, 0.3) is 0 Å². The van der Waals surface area contributed by atoms with E-state index in [4.69, 9.17) is 5.73 Å². The molecule has 0 spiro atoms. The van der Waals surface area contributed by atoms with Gasteiger partial charge in [0.05, 0.1) is 0 Å². The smallest absolute Gasteiger partial charge is 0.238 e. The summed E-state index contributed by atoms with van der Waals surface area (Å²) >= 11 is 0. The molecular formula is C9H12N4O2. The highest BCUT2D eigenvalue weighted by atomic mass is 16.2. The van der Waals surface area contributed by atoms with Crippen molar-refractivity contribution in [3.8, 4) is 0 Å². The van der Waals surface area contributed by atoms with Crippen molar-refractivity contribution in [1.82, 2.24) is 10.2 Å². The summed E-state index contributed by atoms with van der Waals surface area (Å²) in [5.74, 6) is -1.53. The second-order valence-corrected chi connectivity index (χ2v) is 3.77. The van der Waals surface area contributed by atoms with E-state index >= 15 is 0 Å². The molecule has 80 valence electrons. The van der Waals surface area contributed by atoms with Gasteiger partial charge in [0.1, 0.15) is 5.92 Å². The Balaban J connectivity index is 2.50. The van der Waals surface area contributed by atoms with Crippen molar-refractivity contribution in [1.29, 1.82) is 0 Å². The Morgan fingerprint density at radius 2 is 2.20 bits per heavy atom. The molecule has 0 saturated heterocycles. The number of amides is 2. The molecule has 2 unspecified atom stereocenters. The lowest BCUT2D eigenvalue weighted by atomic mass is 9.83. The Morgan fingerprint density at radius 3 is 2.80 bits per heavy atom. The molecule has 2 heterocycles. The first-order valence-electron chi connectivity index (χ1n) is 4.67. The van der Waals surface area contributed by atoms with Crippen molar-refractivity contribution >= 4 is 17.6 Å². The van der Waals surface area contributed by atoms with Crippen molar-refractivity contribution in [2.45, 2.75) is 19.8 Å². The highest BCUT2D eigenvalue weighted by Crippen LogP contribution is 2.35. The van der Waals surface area contributed by atoms with Crippen LogP contribution in [0.3, 0.4) is 0 Å². The molecule has 1 aromatic rings. The van der Waals surface area contributed by atoms with E-state index in [1.807, 2.05) is 6.92 Å². The predicted molar refractivity (Wildman–Crippen MR) is 53.1 cm³/mol. The van der Waals surface area contributed by atoms with Crippen molar-refractivity contribution in [3.05, 3.63) is 11.3 Å². The zero-order valence-corrected chi connectivity index (χ0v) is 8.50. The van der Waals surface area contributed by atoms with Crippen molar-refractivity contribution in [2.24, 2.45) is 11.7 Å². The molecule has 6 nitrogen and oxygen atoms in total. The van der Waals surface area contributed by atoms with Gasteiger partial charge in [0.15, 0.2) is 5.82 Å². The number of rotatable bonds is 1. The summed E-state index contributed by atoms with van der Waals surface area (Å²) in [6.45, 7) is 3.65. The monoisotopic (exact) mass is 208 g/mol. The van der Waals surface area contributed by atoms with Crippen LogP contribution < -0.4 is 11.1 Å². The molecule has 1 aliphatic heterocycles. The molecule has 0 fully saturated rings. The van der Waals surface area contributed by atoms with Crippen molar-refractivity contribution in [2.75, 3.05) is 5.32 Å². The van der Waals surface area contributed by atoms with Gasteiger partial charge in [-0.1, -0.05) is 6.92 Å². The van der Waals surface area contributed by atoms with Gasteiger partial charge in [-0.05, 0) is 6.92 Å². The number of aromatic nitrogens is 2. The van der Waals surface area contributed by atoms with Gasteiger partial charge in [-0.2, -0.15) is 5.10 Å². The van der Waals surface area contributed by atoms with E-state index in [-0.39, 0.29) is 11.8 Å². The lowest BCUT2D eigenvalue weighted by molar-refractivity contribution is -0.131. The molecule has 1 aromatic heterocycles. The summed E-state index contributed by atoms with van der Waals surface area (Å²) in [5, 5.41) is 9.27. The van der Waals surface area contributed by atoms with Crippen molar-refractivity contribution < 1.29 is 9.59 Å². The number of H-pyrrole nitrogens is 1. The molecule has 15 heavy (non-hydrogen) atoms. The van der Waals surface area contributed by atoms with Gasteiger partial charge in [-0.15, -0.1) is 0 Å². The number of hydrogen-bond acceptors (Lipinski definition) is 3. The Kier molecular flexibility index (Phi) is 1.99. The number of hydrogen-bond donors (Lipinski definition) is 3. The van der Waals surface area contributed by atoms with E-state index in [1.165, 1.54) is 0 Å². The third-order valence-corrected chi connectivity index (χ3v) is 2.78. The number of carbonyl (C=O) groups excluding carboxylic acids is 2. The normalized spacial score (nSPS) is 24.5. The van der Waals surface area contributed by atoms with Crippen LogP contribution in [0.1, 0.15) is 24.1 Å². The molecule has 0 radical (unpaired) electrons. The topological polar surface area (TPSA) is 101 Å². The third kappa shape index (κ3) is 1.29. The van der Waals surface area contributed by atoms with E-state index in [0.29, 0.717) is 5.82 Å². The van der Waals surface area contributed by atoms with Gasteiger partial charge in [0.2, 0.25) is 11.8 Å². The molecule has 0 saturated carbocycles. The summed E-state index contributed by atoms with van der Waals surface area (Å²) in [5.41, 5.74) is 6.90. The molecule has 1 aliphatic rings. The quantitative estimate of drug-likeness (QED) is 0.560. The third-order valence-electron chi connectivity index (χ3n) is 2.78. The minimum absolute atomic E-state index is 0.231. The number of primary amides is 1. The van der Waals surface area contributed by atoms with Gasteiger partial charge in [-0.3, -0.25) is 14.7 Å². The second kappa shape index (κ2) is 3.08. The standard InChI is InChI=1S/C9H12N4O2/c1-3-5-4(2)12-13-8(5)11-9(15)6(3)7(10)14/h3,6H,1-2H3,(H2,10,14)(H2,11,12,13,15). The van der Waals surface area contributed by atoms with E-state index in [9.17, 15) is 9.59 Å². The lowest BCUT2D eigenvalue weighted by Crippen LogP contribution is -2.41. The fourth-order valence-electron chi connectivity index (χ4n) is 2.05. The zero-order valence-electron chi connectivity index (χ0n) is 8.50. The first-order chi connectivity index (χ1) is 7.02. The Bertz CT molecular complexity index is 437. The molecule has 2 atom stereocenters. The zero-order chi connectivity index (χ0) is 11.2. The van der Waals surface area contributed by atoms with E-state index in [2.05, 4.69) is 15.5 Å². The maximum absolute atomic E-state index is 11.6. The number of nitrogens with zero attached hydrogens (tertiary/aromatic N) is 1. The van der Waals surface area contributed by atoms with Gasteiger partial charge < -0.3 is 11.1 Å². The summed E-state index contributed by atoms with van der Waals surface area (Å²) in [7, 11) is 0. The number of anilines is 1. The predicted octanol–water partition coefficient (Wildman–Crippen LogP) is -0.125. The molecule has 0 aliphatic carbocycles. The highest BCUT2D eigenvalue weighted by molar-refractivity contribution is 6.08. The minimum Gasteiger partial charge on any atom is -0.369 e. The number of nitrogens with two attached hydrogens (primary N) is 1. The lowest BCUT2D eigenvalue weighted by Gasteiger charge is -2.25. The summed E-state index contributed by atoms with van der Waals surface area (Å²) in [6, 6.07) is 0. The minimum atomic E-state index is -0.811. The van der Waals surface area contributed by atoms with Gasteiger partial charge in [-0.25, -0.2) is 0 Å². The van der Waals surface area contributed by atoms with E-state index in [0.717, 1.165) is 11.3 Å². The van der Waals surface area contributed by atoms with Gasteiger partial charge >= 0.3 is 0 Å². The molecule has 2 rings (SSSR count). The maximum Gasteiger partial charge on any atom is 0.238 e. The first-order valence-corrected chi connectivity index (χ1v) is 4.67. The van der Waals surface area contributed by atoms with E-state index in [1.54, 1.807) is 6.92 Å². The van der Waals surface area contributed by atoms with Crippen LogP contribution in [-0.2, 0) is 9.59 Å². The largest absolute Gasteiger partial charge is 0.369 e. The number of aromatic amines is 1.